The number of hydrogen-bond donors (Lipinski definition) is 2. The van der Waals surface area contributed by atoms with E-state index in [2.05, 4.69) is 17.2 Å². The lowest BCUT2D eigenvalue weighted by atomic mass is 10.1. The van der Waals surface area contributed by atoms with Crippen LogP contribution in [0.1, 0.15) is 23.6 Å². The Morgan fingerprint density at radius 3 is 2.36 bits per heavy atom. The van der Waals surface area contributed by atoms with E-state index in [4.69, 9.17) is 5.73 Å². The van der Waals surface area contributed by atoms with Crippen molar-refractivity contribution in [3.63, 3.8) is 0 Å². The third kappa shape index (κ3) is 4.80. The number of benzene rings is 2. The molecule has 0 aromatic heterocycles. The average Bonchev–Trinajstić information content (AvgIpc) is 2.46. The topological polar surface area (TPSA) is 72.2 Å². The quantitative estimate of drug-likeness (QED) is 0.850. The summed E-state index contributed by atoms with van der Waals surface area (Å²) >= 11 is 0. The lowest BCUT2D eigenvalue weighted by Crippen LogP contribution is -2.13. The second-order valence-corrected chi connectivity index (χ2v) is 4.85. The maximum absolute atomic E-state index is 11.0. The lowest BCUT2D eigenvalue weighted by molar-refractivity contribution is -0.117. The molecule has 4 heteroatoms. The molecule has 0 radical (unpaired) electrons. The molecule has 2 rings (SSSR count). The fourth-order valence-electron chi connectivity index (χ4n) is 1.93. The smallest absolute Gasteiger partial charge is 0.221 e. The Labute approximate surface area is 129 Å². The summed E-state index contributed by atoms with van der Waals surface area (Å²) in [6.45, 7) is 1.46. The molecule has 2 amide bonds. The van der Waals surface area contributed by atoms with Gasteiger partial charge in [-0.05, 0) is 35.9 Å². The summed E-state index contributed by atoms with van der Waals surface area (Å²) in [7, 11) is 0. The summed E-state index contributed by atoms with van der Waals surface area (Å²) in [5.74, 6) is 5.62. The molecule has 0 heterocycles. The van der Waals surface area contributed by atoms with E-state index in [1.807, 2.05) is 48.5 Å². The molecule has 2 aromatic rings. The first-order valence-electron chi connectivity index (χ1n) is 6.80. The first-order chi connectivity index (χ1) is 10.5. The molecule has 0 aliphatic heterocycles. The third-order valence-electron chi connectivity index (χ3n) is 2.87. The molecular weight excluding hydrogens is 276 g/mol. The highest BCUT2D eigenvalue weighted by Gasteiger charge is 1.98. The standard InChI is InChI=1S/C18H16N2O2/c1-13(21)20-17-4-2-3-15(11-17)8-5-14-6-9-16(10-7-14)12-18(19)22/h2-4,6-7,9-11H,12H2,1H3,(H2,19,22)(H,20,21). The van der Waals surface area contributed by atoms with Gasteiger partial charge in [-0.2, -0.15) is 0 Å². The Kier molecular flexibility index (Phi) is 4.94. The van der Waals surface area contributed by atoms with Crippen LogP contribution >= 0.6 is 0 Å². The van der Waals surface area contributed by atoms with E-state index in [0.717, 1.165) is 22.4 Å². The van der Waals surface area contributed by atoms with Crippen LogP contribution < -0.4 is 11.1 Å². The average molecular weight is 292 g/mol. The van der Waals surface area contributed by atoms with Gasteiger partial charge >= 0.3 is 0 Å². The minimum atomic E-state index is -0.353. The predicted molar refractivity (Wildman–Crippen MR) is 86.1 cm³/mol. The van der Waals surface area contributed by atoms with Crippen LogP contribution in [-0.4, -0.2) is 11.8 Å². The van der Waals surface area contributed by atoms with Gasteiger partial charge in [0.25, 0.3) is 0 Å². The van der Waals surface area contributed by atoms with E-state index >= 15 is 0 Å². The predicted octanol–water partition coefficient (Wildman–Crippen LogP) is 2.07. The molecule has 0 atom stereocenters. The molecule has 0 fully saturated rings. The number of amides is 2. The number of carbonyl (C=O) groups is 2. The van der Waals surface area contributed by atoms with Crippen molar-refractivity contribution in [2.24, 2.45) is 5.73 Å². The molecule has 110 valence electrons. The molecule has 4 nitrogen and oxygen atoms in total. The van der Waals surface area contributed by atoms with Gasteiger partial charge in [0.15, 0.2) is 0 Å². The molecule has 2 aromatic carbocycles. The van der Waals surface area contributed by atoms with Crippen LogP contribution in [0.5, 0.6) is 0 Å². The van der Waals surface area contributed by atoms with E-state index in [9.17, 15) is 9.59 Å². The Morgan fingerprint density at radius 2 is 1.73 bits per heavy atom. The van der Waals surface area contributed by atoms with E-state index in [0.29, 0.717) is 0 Å². The summed E-state index contributed by atoms with van der Waals surface area (Å²) in [4.78, 5) is 21.9. The Morgan fingerprint density at radius 1 is 1.05 bits per heavy atom. The zero-order valence-electron chi connectivity index (χ0n) is 12.2. The van der Waals surface area contributed by atoms with Crippen LogP contribution in [-0.2, 0) is 16.0 Å². The van der Waals surface area contributed by atoms with Gasteiger partial charge in [0.05, 0.1) is 6.42 Å². The normalized spacial score (nSPS) is 9.50. The zero-order valence-corrected chi connectivity index (χ0v) is 12.2. The fraction of sp³-hybridized carbons (Fsp3) is 0.111. The van der Waals surface area contributed by atoms with Crippen molar-refractivity contribution in [1.82, 2.24) is 0 Å². The summed E-state index contributed by atoms with van der Waals surface area (Å²) in [6.07, 6.45) is 0.229. The van der Waals surface area contributed by atoms with Crippen LogP contribution in [0.2, 0.25) is 0 Å². The summed E-state index contributed by atoms with van der Waals surface area (Å²) in [5, 5.41) is 2.72. The van der Waals surface area contributed by atoms with Crippen LogP contribution in [0.15, 0.2) is 48.5 Å². The minimum Gasteiger partial charge on any atom is -0.369 e. The highest BCUT2D eigenvalue weighted by Crippen LogP contribution is 2.10. The fourth-order valence-corrected chi connectivity index (χ4v) is 1.93. The molecule has 0 aliphatic rings. The van der Waals surface area contributed by atoms with Crippen molar-refractivity contribution in [3.05, 3.63) is 65.2 Å². The molecular formula is C18H16N2O2. The summed E-state index contributed by atoms with van der Waals surface area (Å²) in [5.41, 5.74) is 8.39. The van der Waals surface area contributed by atoms with E-state index in [-0.39, 0.29) is 18.2 Å². The van der Waals surface area contributed by atoms with Gasteiger partial charge in [-0.15, -0.1) is 0 Å². The van der Waals surface area contributed by atoms with Gasteiger partial charge in [0.2, 0.25) is 11.8 Å². The molecule has 0 saturated heterocycles. The maximum atomic E-state index is 11.0. The molecule has 3 N–H and O–H groups in total. The van der Waals surface area contributed by atoms with Crippen molar-refractivity contribution in [2.45, 2.75) is 13.3 Å². The first-order valence-corrected chi connectivity index (χ1v) is 6.80. The van der Waals surface area contributed by atoms with E-state index in [1.165, 1.54) is 6.92 Å². The van der Waals surface area contributed by atoms with Crippen molar-refractivity contribution >= 4 is 17.5 Å². The maximum Gasteiger partial charge on any atom is 0.221 e. The minimum absolute atomic E-state index is 0.116. The molecule has 0 saturated carbocycles. The number of anilines is 1. The SMILES string of the molecule is CC(=O)Nc1cccc(C#Cc2ccc(CC(N)=O)cc2)c1. The van der Waals surface area contributed by atoms with Crippen LogP contribution in [0.25, 0.3) is 0 Å². The molecule has 0 aliphatic carbocycles. The van der Waals surface area contributed by atoms with E-state index in [1.54, 1.807) is 0 Å². The van der Waals surface area contributed by atoms with Crippen molar-refractivity contribution in [3.8, 4) is 11.8 Å². The number of nitrogens with two attached hydrogens (primary N) is 1. The van der Waals surface area contributed by atoms with Crippen LogP contribution in [0.3, 0.4) is 0 Å². The van der Waals surface area contributed by atoms with Gasteiger partial charge in [-0.1, -0.05) is 30.0 Å². The second kappa shape index (κ2) is 7.09. The number of primary amides is 1. The highest BCUT2D eigenvalue weighted by atomic mass is 16.1. The largest absolute Gasteiger partial charge is 0.369 e. The molecule has 0 unspecified atom stereocenters. The number of carbonyl (C=O) groups excluding carboxylic acids is 2. The first kappa shape index (κ1) is 15.3. The van der Waals surface area contributed by atoms with Gasteiger partial charge in [-0.3, -0.25) is 9.59 Å². The van der Waals surface area contributed by atoms with Crippen molar-refractivity contribution in [1.29, 1.82) is 0 Å². The lowest BCUT2D eigenvalue weighted by Gasteiger charge is -2.01. The van der Waals surface area contributed by atoms with Gasteiger partial charge < -0.3 is 11.1 Å². The number of nitrogens with one attached hydrogen (secondary N) is 1. The number of rotatable bonds is 3. The number of hydrogen-bond acceptors (Lipinski definition) is 2. The van der Waals surface area contributed by atoms with Crippen LogP contribution in [0, 0.1) is 11.8 Å². The second-order valence-electron chi connectivity index (χ2n) is 4.85. The monoisotopic (exact) mass is 292 g/mol. The van der Waals surface area contributed by atoms with Crippen molar-refractivity contribution < 1.29 is 9.59 Å². The van der Waals surface area contributed by atoms with E-state index < -0.39 is 0 Å². The summed E-state index contributed by atoms with van der Waals surface area (Å²) < 4.78 is 0. The Hall–Kier alpha value is -3.06. The molecule has 0 bridgehead atoms. The van der Waals surface area contributed by atoms with Gasteiger partial charge in [0, 0.05) is 23.7 Å². The Balaban J connectivity index is 2.12. The third-order valence-corrected chi connectivity index (χ3v) is 2.87. The summed E-state index contributed by atoms with van der Waals surface area (Å²) in [6, 6.07) is 14.7. The highest BCUT2D eigenvalue weighted by molar-refractivity contribution is 5.88. The van der Waals surface area contributed by atoms with Crippen LogP contribution in [0.4, 0.5) is 5.69 Å². The Bertz CT molecular complexity index is 753. The van der Waals surface area contributed by atoms with Gasteiger partial charge in [0.1, 0.15) is 0 Å². The van der Waals surface area contributed by atoms with Crippen molar-refractivity contribution in [2.75, 3.05) is 5.32 Å². The molecule has 0 spiro atoms. The van der Waals surface area contributed by atoms with Gasteiger partial charge in [-0.25, -0.2) is 0 Å². The molecule has 22 heavy (non-hydrogen) atoms. The zero-order chi connectivity index (χ0) is 15.9.